The molecule has 3 nitrogen and oxygen atoms in total. The summed E-state index contributed by atoms with van der Waals surface area (Å²) >= 11 is 0. The number of Topliss-reactive ketones (excluding diaryl/α,β-unsaturated/α-hetero) is 1. The van der Waals surface area contributed by atoms with Gasteiger partial charge in [-0.05, 0) is 19.4 Å². The van der Waals surface area contributed by atoms with Crippen LogP contribution in [0.4, 0.5) is 0 Å². The molecule has 0 aliphatic carbocycles. The van der Waals surface area contributed by atoms with Crippen LogP contribution in [0, 0.1) is 0 Å². The molecule has 0 atom stereocenters. The quantitative estimate of drug-likeness (QED) is 0.713. The number of hydrogen-bond donors (Lipinski definition) is 1. The molecule has 1 heterocycles. The van der Waals surface area contributed by atoms with E-state index in [2.05, 4.69) is 5.32 Å². The molecule has 76 valence electrons. The minimum atomic E-state index is -0.276. The Balaban J connectivity index is 2.66. The van der Waals surface area contributed by atoms with Gasteiger partial charge in [0.15, 0.2) is 5.78 Å². The zero-order valence-electron chi connectivity index (χ0n) is 8.56. The van der Waals surface area contributed by atoms with Crippen LogP contribution in [0.25, 0.3) is 0 Å². The van der Waals surface area contributed by atoms with Crippen molar-refractivity contribution in [2.45, 2.75) is 38.6 Å². The number of hydrogen-bond acceptors (Lipinski definition) is 3. The number of carbonyl (C=O) groups is 1. The average Bonchev–Trinajstić information content (AvgIpc) is 2.18. The number of ketones is 1. The molecule has 1 aliphatic heterocycles. The van der Waals surface area contributed by atoms with Crippen LogP contribution < -0.4 is 5.32 Å². The van der Waals surface area contributed by atoms with E-state index >= 15 is 0 Å². The van der Waals surface area contributed by atoms with E-state index in [9.17, 15) is 4.79 Å². The van der Waals surface area contributed by atoms with E-state index < -0.39 is 0 Å². The van der Waals surface area contributed by atoms with Crippen molar-refractivity contribution in [3.8, 4) is 0 Å². The van der Waals surface area contributed by atoms with Crippen LogP contribution in [0.5, 0.6) is 0 Å². The molecule has 0 aromatic rings. The van der Waals surface area contributed by atoms with E-state index in [0.29, 0.717) is 25.4 Å². The fourth-order valence-electron chi connectivity index (χ4n) is 1.95. The first-order valence-corrected chi connectivity index (χ1v) is 5.11. The van der Waals surface area contributed by atoms with Crippen molar-refractivity contribution in [3.05, 3.63) is 0 Å². The van der Waals surface area contributed by atoms with E-state index in [1.807, 2.05) is 13.8 Å². The van der Waals surface area contributed by atoms with Gasteiger partial charge in [0.2, 0.25) is 0 Å². The maximum atomic E-state index is 11.8. The van der Waals surface area contributed by atoms with E-state index in [1.54, 1.807) is 0 Å². The third kappa shape index (κ3) is 2.29. The van der Waals surface area contributed by atoms with Crippen molar-refractivity contribution in [1.82, 2.24) is 5.32 Å². The summed E-state index contributed by atoms with van der Waals surface area (Å²) in [5.41, 5.74) is -0.276. The van der Waals surface area contributed by atoms with Crippen molar-refractivity contribution in [2.24, 2.45) is 0 Å². The minimum absolute atomic E-state index is 0.276. The highest BCUT2D eigenvalue weighted by Crippen LogP contribution is 2.22. The highest BCUT2D eigenvalue weighted by molar-refractivity contribution is 5.88. The maximum Gasteiger partial charge on any atom is 0.152 e. The van der Waals surface area contributed by atoms with E-state index in [1.165, 1.54) is 0 Å². The summed E-state index contributed by atoms with van der Waals surface area (Å²) in [6.07, 6.45) is 2.27. The number of likely N-dealkylation sites (N-methyl/N-ethyl adjacent to an activating group) is 1. The molecule has 1 N–H and O–H groups in total. The Kier molecular flexibility index (Phi) is 3.88. The summed E-state index contributed by atoms with van der Waals surface area (Å²) < 4.78 is 5.27. The van der Waals surface area contributed by atoms with Gasteiger partial charge in [-0.25, -0.2) is 0 Å². The van der Waals surface area contributed by atoms with Gasteiger partial charge in [-0.15, -0.1) is 0 Å². The maximum absolute atomic E-state index is 11.8. The molecule has 0 saturated carbocycles. The molecule has 0 bridgehead atoms. The first-order chi connectivity index (χ1) is 6.25. The fraction of sp³-hybridized carbons (Fsp3) is 0.900. The van der Waals surface area contributed by atoms with E-state index in [0.717, 1.165) is 19.4 Å². The van der Waals surface area contributed by atoms with Crippen LogP contribution in [0.15, 0.2) is 0 Å². The van der Waals surface area contributed by atoms with Crippen LogP contribution in [-0.2, 0) is 9.53 Å². The normalized spacial score (nSPS) is 21.4. The van der Waals surface area contributed by atoms with Crippen molar-refractivity contribution >= 4 is 5.78 Å². The molecule has 1 aliphatic rings. The fourth-order valence-corrected chi connectivity index (χ4v) is 1.95. The molecule has 0 amide bonds. The zero-order valence-corrected chi connectivity index (χ0v) is 8.56. The Morgan fingerprint density at radius 1 is 1.38 bits per heavy atom. The average molecular weight is 185 g/mol. The summed E-state index contributed by atoms with van der Waals surface area (Å²) in [5.74, 6) is 0.331. The highest BCUT2D eigenvalue weighted by atomic mass is 16.5. The highest BCUT2D eigenvalue weighted by Gasteiger charge is 2.37. The second-order valence-corrected chi connectivity index (χ2v) is 3.50. The van der Waals surface area contributed by atoms with Crippen LogP contribution in [0.2, 0.25) is 0 Å². The molecule has 0 unspecified atom stereocenters. The standard InChI is InChI=1S/C10H19NO2/c1-3-9(12)10(11-4-2)5-7-13-8-6-10/h11H,3-8H2,1-2H3. The topological polar surface area (TPSA) is 38.3 Å². The second-order valence-electron chi connectivity index (χ2n) is 3.50. The summed E-state index contributed by atoms with van der Waals surface area (Å²) in [6, 6.07) is 0. The van der Waals surface area contributed by atoms with Crippen molar-refractivity contribution in [3.63, 3.8) is 0 Å². The molecule has 0 aromatic heterocycles. The van der Waals surface area contributed by atoms with Crippen molar-refractivity contribution in [1.29, 1.82) is 0 Å². The Bertz CT molecular complexity index is 168. The lowest BCUT2D eigenvalue weighted by Gasteiger charge is -2.36. The first kappa shape index (κ1) is 10.7. The molecule has 0 radical (unpaired) electrons. The van der Waals surface area contributed by atoms with Crippen LogP contribution >= 0.6 is 0 Å². The molecule has 13 heavy (non-hydrogen) atoms. The number of carbonyl (C=O) groups excluding carboxylic acids is 1. The van der Waals surface area contributed by atoms with Crippen molar-refractivity contribution in [2.75, 3.05) is 19.8 Å². The lowest BCUT2D eigenvalue weighted by atomic mass is 9.84. The van der Waals surface area contributed by atoms with Gasteiger partial charge in [0.1, 0.15) is 0 Å². The van der Waals surface area contributed by atoms with Gasteiger partial charge in [-0.2, -0.15) is 0 Å². The van der Waals surface area contributed by atoms with Gasteiger partial charge in [-0.3, -0.25) is 4.79 Å². The lowest BCUT2D eigenvalue weighted by molar-refractivity contribution is -0.129. The molecule has 1 saturated heterocycles. The van der Waals surface area contributed by atoms with Crippen LogP contribution in [-0.4, -0.2) is 31.1 Å². The van der Waals surface area contributed by atoms with Gasteiger partial charge < -0.3 is 10.1 Å². The molecule has 3 heteroatoms. The molecule has 1 fully saturated rings. The third-order valence-electron chi connectivity index (χ3n) is 2.72. The Morgan fingerprint density at radius 2 is 2.00 bits per heavy atom. The second kappa shape index (κ2) is 4.72. The van der Waals surface area contributed by atoms with Crippen LogP contribution in [0.1, 0.15) is 33.1 Å². The summed E-state index contributed by atoms with van der Waals surface area (Å²) in [6.45, 7) is 6.24. The molecule has 0 spiro atoms. The van der Waals surface area contributed by atoms with Gasteiger partial charge in [0, 0.05) is 19.6 Å². The smallest absolute Gasteiger partial charge is 0.152 e. The molecular formula is C10H19NO2. The van der Waals surface area contributed by atoms with E-state index in [4.69, 9.17) is 4.74 Å². The Morgan fingerprint density at radius 3 is 2.46 bits per heavy atom. The Hall–Kier alpha value is -0.410. The molecule has 0 aromatic carbocycles. The first-order valence-electron chi connectivity index (χ1n) is 5.11. The minimum Gasteiger partial charge on any atom is -0.381 e. The van der Waals surface area contributed by atoms with Gasteiger partial charge in [-0.1, -0.05) is 13.8 Å². The summed E-state index contributed by atoms with van der Waals surface area (Å²) in [4.78, 5) is 11.8. The predicted octanol–water partition coefficient (Wildman–Crippen LogP) is 1.12. The van der Waals surface area contributed by atoms with Gasteiger partial charge in [0.05, 0.1) is 5.54 Å². The monoisotopic (exact) mass is 185 g/mol. The number of rotatable bonds is 4. The lowest BCUT2D eigenvalue weighted by Crippen LogP contribution is -2.55. The summed E-state index contributed by atoms with van der Waals surface area (Å²) in [7, 11) is 0. The third-order valence-corrected chi connectivity index (χ3v) is 2.72. The molecule has 1 rings (SSSR count). The van der Waals surface area contributed by atoms with Crippen molar-refractivity contribution < 1.29 is 9.53 Å². The number of ether oxygens (including phenoxy) is 1. The van der Waals surface area contributed by atoms with Gasteiger partial charge >= 0.3 is 0 Å². The number of nitrogens with one attached hydrogen (secondary N) is 1. The van der Waals surface area contributed by atoms with Crippen LogP contribution in [0.3, 0.4) is 0 Å². The van der Waals surface area contributed by atoms with E-state index in [-0.39, 0.29) is 5.54 Å². The predicted molar refractivity (Wildman–Crippen MR) is 51.8 cm³/mol. The Labute approximate surface area is 79.8 Å². The zero-order chi connectivity index (χ0) is 9.73. The van der Waals surface area contributed by atoms with Gasteiger partial charge in [0.25, 0.3) is 0 Å². The summed E-state index contributed by atoms with van der Waals surface area (Å²) in [5, 5.41) is 3.32. The molecular weight excluding hydrogens is 166 g/mol. The largest absolute Gasteiger partial charge is 0.381 e. The SMILES string of the molecule is CCNC1(C(=O)CC)CCOCC1.